The standard InChI is InChI=1S/C33H64O2/c1-4-6-7-8-9-10-11-12-13-14-15-18-21-24-27-30-33(34)35-31-28-25-22-19-16-17-20-23-26-29-32(3)5-2/h12-13,32H,4-11,14-31H2,1-3H3/b13-12-. The summed E-state index contributed by atoms with van der Waals surface area (Å²) in [5, 5.41) is 0. The van der Waals surface area contributed by atoms with E-state index < -0.39 is 0 Å². The molecule has 0 saturated carbocycles. The van der Waals surface area contributed by atoms with E-state index in [0.717, 1.165) is 25.2 Å². The predicted octanol–water partition coefficient (Wildman–Crippen LogP) is 11.5. The van der Waals surface area contributed by atoms with Crippen LogP contribution in [0, 0.1) is 5.92 Å². The molecule has 0 aliphatic carbocycles. The van der Waals surface area contributed by atoms with Gasteiger partial charge >= 0.3 is 5.97 Å². The lowest BCUT2D eigenvalue weighted by Gasteiger charge is -2.07. The predicted molar refractivity (Wildman–Crippen MR) is 156 cm³/mol. The highest BCUT2D eigenvalue weighted by Gasteiger charge is 2.02. The van der Waals surface area contributed by atoms with Gasteiger partial charge in [0, 0.05) is 6.42 Å². The maximum absolute atomic E-state index is 11.9. The molecule has 0 heterocycles. The summed E-state index contributed by atoms with van der Waals surface area (Å²) in [6.45, 7) is 7.57. The van der Waals surface area contributed by atoms with Crippen molar-refractivity contribution in [2.75, 3.05) is 6.61 Å². The summed E-state index contributed by atoms with van der Waals surface area (Å²) in [5.74, 6) is 0.922. The third-order valence-corrected chi connectivity index (χ3v) is 7.44. The van der Waals surface area contributed by atoms with Gasteiger partial charge in [0.2, 0.25) is 0 Å². The Morgan fingerprint density at radius 3 is 1.60 bits per heavy atom. The van der Waals surface area contributed by atoms with Crippen LogP contribution < -0.4 is 0 Å². The van der Waals surface area contributed by atoms with E-state index in [1.54, 1.807) is 0 Å². The quantitative estimate of drug-likeness (QED) is 0.0616. The maximum Gasteiger partial charge on any atom is 0.305 e. The summed E-state index contributed by atoms with van der Waals surface area (Å²) in [6, 6.07) is 0. The average Bonchev–Trinajstić information content (AvgIpc) is 2.86. The van der Waals surface area contributed by atoms with Crippen molar-refractivity contribution in [2.24, 2.45) is 5.92 Å². The lowest BCUT2D eigenvalue weighted by atomic mass is 9.99. The molecule has 35 heavy (non-hydrogen) atoms. The Morgan fingerprint density at radius 1 is 0.600 bits per heavy atom. The molecule has 0 amide bonds. The third kappa shape index (κ3) is 29.3. The maximum atomic E-state index is 11.9. The SMILES string of the molecule is CCCCCCCC/C=C\CCCCCCCC(=O)OCCCCCCCCCCCC(C)CC. The number of hydrogen-bond donors (Lipinski definition) is 0. The molecule has 2 nitrogen and oxygen atoms in total. The van der Waals surface area contributed by atoms with Crippen LogP contribution in [0.1, 0.15) is 181 Å². The van der Waals surface area contributed by atoms with Crippen LogP contribution in [0.5, 0.6) is 0 Å². The Kier molecular flexibility index (Phi) is 28.8. The second-order valence-electron chi connectivity index (χ2n) is 11.0. The van der Waals surface area contributed by atoms with E-state index in [4.69, 9.17) is 4.74 Å². The fourth-order valence-electron chi connectivity index (χ4n) is 4.63. The van der Waals surface area contributed by atoms with Gasteiger partial charge in [0.15, 0.2) is 0 Å². The fourth-order valence-corrected chi connectivity index (χ4v) is 4.63. The Hall–Kier alpha value is -0.790. The summed E-state index contributed by atoms with van der Waals surface area (Å²) in [4.78, 5) is 11.9. The number of rotatable bonds is 28. The Labute approximate surface area is 221 Å². The van der Waals surface area contributed by atoms with Crippen molar-refractivity contribution in [3.8, 4) is 0 Å². The van der Waals surface area contributed by atoms with Crippen molar-refractivity contribution in [1.82, 2.24) is 0 Å². The van der Waals surface area contributed by atoms with Crippen molar-refractivity contribution in [3.63, 3.8) is 0 Å². The number of esters is 1. The normalized spacial score (nSPS) is 12.4. The highest BCUT2D eigenvalue weighted by atomic mass is 16.5. The minimum absolute atomic E-state index is 0.0139. The van der Waals surface area contributed by atoms with Gasteiger partial charge in [-0.1, -0.05) is 148 Å². The van der Waals surface area contributed by atoms with Gasteiger partial charge in [-0.15, -0.1) is 0 Å². The van der Waals surface area contributed by atoms with E-state index in [0.29, 0.717) is 13.0 Å². The smallest absolute Gasteiger partial charge is 0.305 e. The topological polar surface area (TPSA) is 26.3 Å². The lowest BCUT2D eigenvalue weighted by molar-refractivity contribution is -0.143. The Balaban J connectivity index is 3.22. The molecule has 0 aliphatic rings. The van der Waals surface area contributed by atoms with Crippen LogP contribution in [0.15, 0.2) is 12.2 Å². The molecule has 208 valence electrons. The van der Waals surface area contributed by atoms with Crippen LogP contribution in [0.2, 0.25) is 0 Å². The van der Waals surface area contributed by atoms with Crippen LogP contribution in [0.4, 0.5) is 0 Å². The second-order valence-corrected chi connectivity index (χ2v) is 11.0. The molecule has 0 aliphatic heterocycles. The van der Waals surface area contributed by atoms with Crippen LogP contribution in [-0.2, 0) is 9.53 Å². The lowest BCUT2D eigenvalue weighted by Crippen LogP contribution is -2.05. The molecule has 0 saturated heterocycles. The highest BCUT2D eigenvalue weighted by molar-refractivity contribution is 5.69. The molecule has 0 aromatic rings. The molecule has 0 fully saturated rings. The summed E-state index contributed by atoms with van der Waals surface area (Å²) in [5.41, 5.74) is 0. The summed E-state index contributed by atoms with van der Waals surface area (Å²) < 4.78 is 5.41. The van der Waals surface area contributed by atoms with E-state index in [-0.39, 0.29) is 5.97 Å². The molecule has 2 heteroatoms. The average molecular weight is 493 g/mol. The number of allylic oxidation sites excluding steroid dienone is 2. The minimum atomic E-state index is 0.0139. The van der Waals surface area contributed by atoms with Gasteiger partial charge in [-0.05, 0) is 44.4 Å². The first kappa shape index (κ1) is 34.2. The van der Waals surface area contributed by atoms with Crippen molar-refractivity contribution >= 4 is 5.97 Å². The van der Waals surface area contributed by atoms with Crippen LogP contribution in [0.3, 0.4) is 0 Å². The van der Waals surface area contributed by atoms with Gasteiger partial charge in [0.05, 0.1) is 6.61 Å². The summed E-state index contributed by atoms with van der Waals surface area (Å²) >= 11 is 0. The zero-order valence-electron chi connectivity index (χ0n) is 24.4. The first-order valence-corrected chi connectivity index (χ1v) is 16.0. The summed E-state index contributed by atoms with van der Waals surface area (Å²) in [7, 11) is 0. The zero-order valence-corrected chi connectivity index (χ0v) is 24.4. The van der Waals surface area contributed by atoms with Crippen molar-refractivity contribution in [1.29, 1.82) is 0 Å². The van der Waals surface area contributed by atoms with Crippen molar-refractivity contribution < 1.29 is 9.53 Å². The molecule has 0 N–H and O–H groups in total. The summed E-state index contributed by atoms with van der Waals surface area (Å²) in [6.07, 6.45) is 36.7. The zero-order chi connectivity index (χ0) is 25.7. The Morgan fingerprint density at radius 2 is 1.06 bits per heavy atom. The Bertz CT molecular complexity index is 442. The first-order chi connectivity index (χ1) is 17.2. The first-order valence-electron chi connectivity index (χ1n) is 16.0. The molecule has 0 rings (SSSR count). The third-order valence-electron chi connectivity index (χ3n) is 7.44. The number of hydrogen-bond acceptors (Lipinski definition) is 2. The molecule has 0 radical (unpaired) electrons. The molecular weight excluding hydrogens is 428 g/mol. The number of ether oxygens (including phenoxy) is 1. The molecule has 0 bridgehead atoms. The molecule has 0 aromatic heterocycles. The van der Waals surface area contributed by atoms with Crippen molar-refractivity contribution in [2.45, 2.75) is 181 Å². The van der Waals surface area contributed by atoms with Gasteiger partial charge in [0.1, 0.15) is 0 Å². The van der Waals surface area contributed by atoms with Gasteiger partial charge in [0.25, 0.3) is 0 Å². The number of unbranched alkanes of at least 4 members (excludes halogenated alkanes) is 19. The molecule has 1 unspecified atom stereocenters. The molecule has 1 atom stereocenters. The van der Waals surface area contributed by atoms with Gasteiger partial charge in [-0.3, -0.25) is 4.79 Å². The van der Waals surface area contributed by atoms with Crippen LogP contribution in [0.25, 0.3) is 0 Å². The van der Waals surface area contributed by atoms with E-state index in [1.807, 2.05) is 0 Å². The molecule has 0 spiro atoms. The van der Waals surface area contributed by atoms with Gasteiger partial charge < -0.3 is 4.74 Å². The second kappa shape index (κ2) is 29.4. The monoisotopic (exact) mass is 492 g/mol. The van der Waals surface area contributed by atoms with Gasteiger partial charge in [-0.2, -0.15) is 0 Å². The minimum Gasteiger partial charge on any atom is -0.466 e. The fraction of sp³-hybridized carbons (Fsp3) is 0.909. The molecule has 0 aromatic carbocycles. The largest absolute Gasteiger partial charge is 0.466 e. The van der Waals surface area contributed by atoms with Crippen LogP contribution >= 0.6 is 0 Å². The van der Waals surface area contributed by atoms with E-state index >= 15 is 0 Å². The van der Waals surface area contributed by atoms with E-state index in [9.17, 15) is 4.79 Å². The van der Waals surface area contributed by atoms with Crippen LogP contribution in [-0.4, -0.2) is 12.6 Å². The van der Waals surface area contributed by atoms with E-state index in [1.165, 1.54) is 135 Å². The van der Waals surface area contributed by atoms with Crippen molar-refractivity contribution in [3.05, 3.63) is 12.2 Å². The number of carbonyl (C=O) groups is 1. The van der Waals surface area contributed by atoms with E-state index in [2.05, 4.69) is 32.9 Å². The number of carbonyl (C=O) groups excluding carboxylic acids is 1. The van der Waals surface area contributed by atoms with Gasteiger partial charge in [-0.25, -0.2) is 0 Å². The molecular formula is C33H64O2. The highest BCUT2D eigenvalue weighted by Crippen LogP contribution is 2.15.